The summed E-state index contributed by atoms with van der Waals surface area (Å²) in [5.74, 6) is -0.294. The van der Waals surface area contributed by atoms with Crippen molar-refractivity contribution in [1.29, 1.82) is 0 Å². The highest BCUT2D eigenvalue weighted by Gasteiger charge is 2.35. The van der Waals surface area contributed by atoms with E-state index in [2.05, 4.69) is 0 Å². The first-order valence-electron chi connectivity index (χ1n) is 6.13. The standard InChI is InChI=1S/C14H19Cl2NO2/c1-4-12(17)14(2,8-13(18)19-3)9-5-6-10(15)11(16)7-9/h5-7,12H,4,8,17H2,1-3H3. The molecule has 2 atom stereocenters. The molecule has 0 saturated carbocycles. The molecule has 0 aliphatic carbocycles. The van der Waals surface area contributed by atoms with Crippen LogP contribution in [0.4, 0.5) is 0 Å². The van der Waals surface area contributed by atoms with E-state index in [1.807, 2.05) is 19.9 Å². The average Bonchev–Trinajstić information content (AvgIpc) is 2.40. The third-order valence-corrected chi connectivity index (χ3v) is 4.32. The average molecular weight is 304 g/mol. The van der Waals surface area contributed by atoms with Gasteiger partial charge in [0.1, 0.15) is 0 Å². The number of ether oxygens (including phenoxy) is 1. The molecule has 0 amide bonds. The molecule has 0 saturated heterocycles. The molecule has 1 rings (SSSR count). The highest BCUT2D eigenvalue weighted by Crippen LogP contribution is 2.35. The normalized spacial score (nSPS) is 15.7. The molecule has 3 nitrogen and oxygen atoms in total. The lowest BCUT2D eigenvalue weighted by molar-refractivity contribution is -0.142. The van der Waals surface area contributed by atoms with Crippen LogP contribution in [0.2, 0.25) is 10.0 Å². The minimum Gasteiger partial charge on any atom is -0.469 e. The Morgan fingerprint density at radius 2 is 2.05 bits per heavy atom. The van der Waals surface area contributed by atoms with Crippen molar-refractivity contribution in [3.63, 3.8) is 0 Å². The molecule has 0 spiro atoms. The molecule has 2 unspecified atom stereocenters. The summed E-state index contributed by atoms with van der Waals surface area (Å²) in [4.78, 5) is 11.6. The Morgan fingerprint density at radius 3 is 2.53 bits per heavy atom. The van der Waals surface area contributed by atoms with Crippen molar-refractivity contribution in [1.82, 2.24) is 0 Å². The van der Waals surface area contributed by atoms with Gasteiger partial charge in [0.2, 0.25) is 0 Å². The van der Waals surface area contributed by atoms with E-state index in [9.17, 15) is 4.79 Å². The van der Waals surface area contributed by atoms with E-state index in [1.54, 1.807) is 12.1 Å². The van der Waals surface area contributed by atoms with Gasteiger partial charge in [-0.05, 0) is 24.1 Å². The molecule has 0 radical (unpaired) electrons. The largest absolute Gasteiger partial charge is 0.469 e. The van der Waals surface area contributed by atoms with Crippen molar-refractivity contribution >= 4 is 29.2 Å². The highest BCUT2D eigenvalue weighted by molar-refractivity contribution is 6.42. The second-order valence-corrected chi connectivity index (χ2v) is 5.63. The van der Waals surface area contributed by atoms with Crippen molar-refractivity contribution in [2.75, 3.05) is 7.11 Å². The third kappa shape index (κ3) is 3.62. The number of methoxy groups -OCH3 is 1. The van der Waals surface area contributed by atoms with Gasteiger partial charge in [0.05, 0.1) is 23.6 Å². The number of nitrogens with two attached hydrogens (primary N) is 1. The fourth-order valence-electron chi connectivity index (χ4n) is 2.12. The topological polar surface area (TPSA) is 52.3 Å². The second-order valence-electron chi connectivity index (χ2n) is 4.81. The number of carbonyl (C=O) groups excluding carboxylic acids is 1. The second kappa shape index (κ2) is 6.60. The van der Waals surface area contributed by atoms with Crippen LogP contribution in [0.5, 0.6) is 0 Å². The first-order chi connectivity index (χ1) is 8.85. The van der Waals surface area contributed by atoms with Gasteiger partial charge in [-0.3, -0.25) is 4.79 Å². The van der Waals surface area contributed by atoms with Gasteiger partial charge in [0.15, 0.2) is 0 Å². The van der Waals surface area contributed by atoms with Gasteiger partial charge in [-0.25, -0.2) is 0 Å². The third-order valence-electron chi connectivity index (χ3n) is 3.58. The number of carbonyl (C=O) groups is 1. The van der Waals surface area contributed by atoms with Crippen molar-refractivity contribution < 1.29 is 9.53 Å². The summed E-state index contributed by atoms with van der Waals surface area (Å²) in [6.45, 7) is 3.93. The zero-order valence-electron chi connectivity index (χ0n) is 11.4. The summed E-state index contributed by atoms with van der Waals surface area (Å²) in [5, 5.41) is 0.939. The fourth-order valence-corrected chi connectivity index (χ4v) is 2.42. The summed E-state index contributed by atoms with van der Waals surface area (Å²) in [6.07, 6.45) is 0.949. The summed E-state index contributed by atoms with van der Waals surface area (Å²) in [6, 6.07) is 5.16. The molecule has 19 heavy (non-hydrogen) atoms. The maximum absolute atomic E-state index is 11.6. The van der Waals surface area contributed by atoms with Crippen LogP contribution in [0.3, 0.4) is 0 Å². The molecule has 1 aromatic rings. The maximum atomic E-state index is 11.6. The van der Waals surface area contributed by atoms with E-state index in [4.69, 9.17) is 33.7 Å². The Hall–Kier alpha value is -0.770. The van der Waals surface area contributed by atoms with E-state index >= 15 is 0 Å². The number of hydrogen-bond donors (Lipinski definition) is 1. The maximum Gasteiger partial charge on any atom is 0.306 e. The summed E-state index contributed by atoms with van der Waals surface area (Å²) < 4.78 is 4.76. The zero-order valence-corrected chi connectivity index (χ0v) is 12.9. The molecule has 1 aromatic carbocycles. The van der Waals surface area contributed by atoms with Crippen LogP contribution < -0.4 is 5.73 Å². The Kier molecular flexibility index (Phi) is 5.65. The van der Waals surface area contributed by atoms with Gasteiger partial charge in [-0.2, -0.15) is 0 Å². The van der Waals surface area contributed by atoms with E-state index in [0.717, 1.165) is 12.0 Å². The lowest BCUT2D eigenvalue weighted by atomic mass is 9.73. The van der Waals surface area contributed by atoms with E-state index in [-0.39, 0.29) is 18.4 Å². The Balaban J connectivity index is 3.22. The first-order valence-corrected chi connectivity index (χ1v) is 6.88. The van der Waals surface area contributed by atoms with Gasteiger partial charge in [-0.1, -0.05) is 43.1 Å². The van der Waals surface area contributed by atoms with Crippen molar-refractivity contribution in [2.24, 2.45) is 5.73 Å². The molecule has 0 fully saturated rings. The number of hydrogen-bond acceptors (Lipinski definition) is 3. The molecule has 5 heteroatoms. The molecular formula is C14H19Cl2NO2. The van der Waals surface area contributed by atoms with Gasteiger partial charge >= 0.3 is 5.97 Å². The molecule has 106 valence electrons. The fraction of sp³-hybridized carbons (Fsp3) is 0.500. The lowest BCUT2D eigenvalue weighted by Gasteiger charge is -2.35. The van der Waals surface area contributed by atoms with Crippen LogP contribution in [0.1, 0.15) is 32.3 Å². The van der Waals surface area contributed by atoms with Crippen LogP contribution in [0.15, 0.2) is 18.2 Å². The van der Waals surface area contributed by atoms with Crippen molar-refractivity contribution in [2.45, 2.75) is 38.1 Å². The van der Waals surface area contributed by atoms with Crippen molar-refractivity contribution in [3.8, 4) is 0 Å². The molecule has 0 aliphatic rings. The van der Waals surface area contributed by atoms with E-state index < -0.39 is 5.41 Å². The Bertz CT molecular complexity index is 465. The molecule has 0 aromatic heterocycles. The minimum atomic E-state index is -0.532. The van der Waals surface area contributed by atoms with Crippen LogP contribution in [-0.2, 0) is 14.9 Å². The van der Waals surface area contributed by atoms with Crippen molar-refractivity contribution in [3.05, 3.63) is 33.8 Å². The van der Waals surface area contributed by atoms with E-state index in [1.165, 1.54) is 7.11 Å². The highest BCUT2D eigenvalue weighted by atomic mass is 35.5. The summed E-state index contributed by atoms with van der Waals surface area (Å²) in [7, 11) is 1.37. The molecular weight excluding hydrogens is 285 g/mol. The number of esters is 1. The van der Waals surface area contributed by atoms with Crippen LogP contribution in [0.25, 0.3) is 0 Å². The smallest absolute Gasteiger partial charge is 0.306 e. The van der Waals surface area contributed by atoms with Crippen LogP contribution in [0, 0.1) is 0 Å². The van der Waals surface area contributed by atoms with Gasteiger partial charge < -0.3 is 10.5 Å². The molecule has 0 bridgehead atoms. The predicted octanol–water partition coefficient (Wildman–Crippen LogP) is 3.55. The van der Waals surface area contributed by atoms with E-state index in [0.29, 0.717) is 10.0 Å². The lowest BCUT2D eigenvalue weighted by Crippen LogP contribution is -2.44. The monoisotopic (exact) mass is 303 g/mol. The zero-order chi connectivity index (χ0) is 14.6. The van der Waals surface area contributed by atoms with Gasteiger partial charge in [0.25, 0.3) is 0 Å². The summed E-state index contributed by atoms with van der Waals surface area (Å²) >= 11 is 12.0. The molecule has 0 heterocycles. The van der Waals surface area contributed by atoms with Crippen LogP contribution in [-0.4, -0.2) is 19.1 Å². The van der Waals surface area contributed by atoms with Gasteiger partial charge in [-0.15, -0.1) is 0 Å². The Labute approximate surface area is 124 Å². The quantitative estimate of drug-likeness (QED) is 0.846. The minimum absolute atomic E-state index is 0.177. The molecule has 0 aliphatic heterocycles. The number of halogens is 2. The number of benzene rings is 1. The first kappa shape index (κ1) is 16.3. The Morgan fingerprint density at radius 1 is 1.42 bits per heavy atom. The van der Waals surface area contributed by atoms with Gasteiger partial charge in [0, 0.05) is 11.5 Å². The summed E-state index contributed by atoms with van der Waals surface area (Å²) in [5.41, 5.74) is 6.55. The SMILES string of the molecule is CCC(N)C(C)(CC(=O)OC)c1ccc(Cl)c(Cl)c1. The number of rotatable bonds is 5. The molecule has 2 N–H and O–H groups in total. The predicted molar refractivity (Wildman–Crippen MR) is 78.7 cm³/mol. The van der Waals surface area contributed by atoms with Crippen LogP contribution >= 0.6 is 23.2 Å².